The van der Waals surface area contributed by atoms with Gasteiger partial charge in [0.05, 0.1) is 17.5 Å². The van der Waals surface area contributed by atoms with Gasteiger partial charge in [-0.1, -0.05) is 30.4 Å². The Morgan fingerprint density at radius 3 is 1.95 bits per heavy atom. The lowest BCUT2D eigenvalue weighted by Gasteiger charge is -2.24. The summed E-state index contributed by atoms with van der Waals surface area (Å²) < 4.78 is -0.481. The van der Waals surface area contributed by atoms with E-state index in [0.717, 1.165) is 0 Å². The van der Waals surface area contributed by atoms with E-state index in [4.69, 9.17) is 0 Å². The molecule has 0 saturated carbocycles. The van der Waals surface area contributed by atoms with Crippen molar-refractivity contribution in [1.82, 2.24) is 0 Å². The number of para-hydroxylation sites is 1. The molecule has 3 nitrogen and oxygen atoms in total. The van der Waals surface area contributed by atoms with E-state index in [-0.39, 0.29) is 33.1 Å². The van der Waals surface area contributed by atoms with Gasteiger partial charge in [-0.15, -0.1) is 11.8 Å². The van der Waals surface area contributed by atoms with Crippen LogP contribution in [0, 0.1) is 11.8 Å². The molecule has 2 saturated heterocycles. The minimum Gasteiger partial charge on any atom is -0.274 e. The molecule has 0 spiro atoms. The fraction of sp³-hybridized carbons (Fsp3) is 0.375. The summed E-state index contributed by atoms with van der Waals surface area (Å²) >= 11 is 1.75. The third-order valence-corrected chi connectivity index (χ3v) is 6.40. The van der Waals surface area contributed by atoms with Crippen LogP contribution in [0.1, 0.15) is 13.8 Å². The number of rotatable bonds is 1. The Morgan fingerprint density at radius 2 is 1.45 bits per heavy atom. The third kappa shape index (κ3) is 1.28. The van der Waals surface area contributed by atoms with E-state index in [1.54, 1.807) is 11.8 Å². The average molecular weight is 285 g/mol. The molecule has 4 atom stereocenters. The van der Waals surface area contributed by atoms with Crippen molar-refractivity contribution in [2.24, 2.45) is 11.8 Å². The molecule has 2 bridgehead atoms. The zero-order valence-corrected chi connectivity index (χ0v) is 12.2. The van der Waals surface area contributed by atoms with Crippen molar-refractivity contribution >= 4 is 29.3 Å². The predicted molar refractivity (Wildman–Crippen MR) is 79.5 cm³/mol. The smallest absolute Gasteiger partial charge is 0.239 e. The number of hydrogen-bond donors (Lipinski definition) is 0. The van der Waals surface area contributed by atoms with Crippen molar-refractivity contribution in [3.05, 3.63) is 42.5 Å². The molecule has 20 heavy (non-hydrogen) atoms. The standard InChI is InChI=1S/C16H15NO2S/c1-15-8-9-16(2,20-15)12-11(15)13(18)17(14(12)19)10-6-4-3-5-7-10/h3-9,11-12H,1-2H3. The molecular weight excluding hydrogens is 270 g/mol. The van der Waals surface area contributed by atoms with E-state index in [2.05, 4.69) is 26.0 Å². The van der Waals surface area contributed by atoms with Gasteiger partial charge in [0.2, 0.25) is 11.8 Å². The van der Waals surface area contributed by atoms with Gasteiger partial charge >= 0.3 is 0 Å². The lowest BCUT2D eigenvalue weighted by Crippen LogP contribution is -2.36. The highest BCUT2D eigenvalue weighted by molar-refractivity contribution is 8.03. The molecule has 0 N–H and O–H groups in total. The maximum atomic E-state index is 12.8. The van der Waals surface area contributed by atoms with Gasteiger partial charge < -0.3 is 0 Å². The second-order valence-corrected chi connectivity index (χ2v) is 8.07. The summed E-state index contributed by atoms with van der Waals surface area (Å²) in [5.74, 6) is -0.547. The van der Waals surface area contributed by atoms with Crippen molar-refractivity contribution < 1.29 is 9.59 Å². The molecule has 3 heterocycles. The van der Waals surface area contributed by atoms with Gasteiger partial charge in [-0.25, -0.2) is 4.90 Å². The first-order chi connectivity index (χ1) is 9.46. The molecule has 0 aromatic heterocycles. The summed E-state index contributed by atoms with van der Waals surface area (Å²) in [4.78, 5) is 27.0. The van der Waals surface area contributed by atoms with E-state index in [1.165, 1.54) is 4.90 Å². The fourth-order valence-electron chi connectivity index (χ4n) is 3.86. The molecule has 1 aromatic rings. The normalized spacial score (nSPS) is 41.6. The molecule has 4 heteroatoms. The van der Waals surface area contributed by atoms with Gasteiger partial charge in [-0.3, -0.25) is 9.59 Å². The van der Waals surface area contributed by atoms with Crippen LogP contribution in [-0.2, 0) is 9.59 Å². The van der Waals surface area contributed by atoms with E-state index in [1.807, 2.05) is 30.3 Å². The average Bonchev–Trinajstić information content (AvgIpc) is 2.96. The summed E-state index contributed by atoms with van der Waals surface area (Å²) in [5.41, 5.74) is 0.688. The second-order valence-electron chi connectivity index (χ2n) is 6.11. The van der Waals surface area contributed by atoms with E-state index >= 15 is 0 Å². The van der Waals surface area contributed by atoms with Gasteiger partial charge in [0.25, 0.3) is 0 Å². The Morgan fingerprint density at radius 1 is 0.950 bits per heavy atom. The third-order valence-electron chi connectivity index (χ3n) is 4.74. The van der Waals surface area contributed by atoms with Gasteiger partial charge in [0.1, 0.15) is 0 Å². The number of benzene rings is 1. The summed E-state index contributed by atoms with van der Waals surface area (Å²) in [7, 11) is 0. The molecule has 3 aliphatic rings. The van der Waals surface area contributed by atoms with Gasteiger partial charge in [0, 0.05) is 9.49 Å². The molecule has 2 fully saturated rings. The Labute approximate surface area is 122 Å². The van der Waals surface area contributed by atoms with E-state index < -0.39 is 0 Å². The molecule has 3 aliphatic heterocycles. The Bertz CT molecular complexity index is 620. The minimum absolute atomic E-state index is 0.0470. The number of carbonyl (C=O) groups is 2. The summed E-state index contributed by atoms with van der Waals surface area (Å²) in [6, 6.07) is 9.25. The van der Waals surface area contributed by atoms with Crippen LogP contribution >= 0.6 is 11.8 Å². The topological polar surface area (TPSA) is 37.4 Å². The van der Waals surface area contributed by atoms with Crippen LogP contribution in [-0.4, -0.2) is 21.3 Å². The van der Waals surface area contributed by atoms with Crippen LogP contribution in [0.5, 0.6) is 0 Å². The molecular formula is C16H15NO2S. The first-order valence-electron chi connectivity index (χ1n) is 6.80. The Kier molecular flexibility index (Phi) is 2.17. The quantitative estimate of drug-likeness (QED) is 0.588. The van der Waals surface area contributed by atoms with Crippen molar-refractivity contribution in [3.8, 4) is 0 Å². The molecule has 4 unspecified atom stereocenters. The Hall–Kier alpha value is -1.55. The lowest BCUT2D eigenvalue weighted by molar-refractivity contribution is -0.122. The molecule has 102 valence electrons. The van der Waals surface area contributed by atoms with Crippen LogP contribution in [0.15, 0.2) is 42.5 Å². The molecule has 1 aromatic carbocycles. The van der Waals surface area contributed by atoms with Crippen molar-refractivity contribution in [3.63, 3.8) is 0 Å². The van der Waals surface area contributed by atoms with Crippen molar-refractivity contribution in [2.45, 2.75) is 23.3 Å². The number of hydrogen-bond acceptors (Lipinski definition) is 3. The van der Waals surface area contributed by atoms with Crippen molar-refractivity contribution in [1.29, 1.82) is 0 Å². The van der Waals surface area contributed by atoms with Crippen LogP contribution < -0.4 is 4.90 Å². The number of anilines is 1. The van der Waals surface area contributed by atoms with Crippen LogP contribution in [0.4, 0.5) is 5.69 Å². The van der Waals surface area contributed by atoms with Crippen LogP contribution in [0.3, 0.4) is 0 Å². The Balaban J connectivity index is 1.83. The van der Waals surface area contributed by atoms with Crippen LogP contribution in [0.2, 0.25) is 0 Å². The van der Waals surface area contributed by atoms with Crippen LogP contribution in [0.25, 0.3) is 0 Å². The number of nitrogens with zero attached hydrogens (tertiary/aromatic N) is 1. The largest absolute Gasteiger partial charge is 0.274 e. The number of fused-ring (bicyclic) bond motifs is 5. The number of amides is 2. The predicted octanol–water partition coefficient (Wildman–Crippen LogP) is 2.63. The second kappa shape index (κ2) is 3.55. The lowest BCUT2D eigenvalue weighted by atomic mass is 9.73. The summed E-state index contributed by atoms with van der Waals surface area (Å²) in [5, 5.41) is 0. The van der Waals surface area contributed by atoms with Crippen molar-refractivity contribution in [2.75, 3.05) is 4.90 Å². The molecule has 0 aliphatic carbocycles. The highest BCUT2D eigenvalue weighted by Gasteiger charge is 2.69. The maximum Gasteiger partial charge on any atom is 0.239 e. The van der Waals surface area contributed by atoms with E-state index in [9.17, 15) is 9.59 Å². The van der Waals surface area contributed by atoms with Gasteiger partial charge in [0.15, 0.2) is 0 Å². The first kappa shape index (κ1) is 12.2. The van der Waals surface area contributed by atoms with E-state index in [0.29, 0.717) is 5.69 Å². The van der Waals surface area contributed by atoms with Gasteiger partial charge in [-0.05, 0) is 26.0 Å². The highest BCUT2D eigenvalue weighted by atomic mass is 32.2. The number of thioether (sulfide) groups is 1. The minimum atomic E-state index is -0.240. The highest BCUT2D eigenvalue weighted by Crippen LogP contribution is 2.65. The summed E-state index contributed by atoms with van der Waals surface area (Å²) in [6.07, 6.45) is 4.22. The first-order valence-corrected chi connectivity index (χ1v) is 7.61. The zero-order chi connectivity index (χ0) is 14.1. The zero-order valence-electron chi connectivity index (χ0n) is 11.4. The van der Waals surface area contributed by atoms with Gasteiger partial charge in [-0.2, -0.15) is 0 Å². The molecule has 2 amide bonds. The fourth-order valence-corrected chi connectivity index (χ4v) is 5.81. The monoisotopic (exact) mass is 285 g/mol. The summed E-state index contributed by atoms with van der Waals surface area (Å²) in [6.45, 7) is 4.15. The SMILES string of the molecule is CC12C=CC(C)(S1)C1C(=O)N(c3ccccc3)C(=O)C12. The molecule has 4 rings (SSSR count). The molecule has 0 radical (unpaired) electrons. The maximum absolute atomic E-state index is 12.8. The number of imide groups is 1. The number of carbonyl (C=O) groups excluding carboxylic acids is 2.